The molecule has 1 fully saturated rings. The van der Waals surface area contributed by atoms with E-state index in [0.29, 0.717) is 25.6 Å². The maximum absolute atomic E-state index is 11.9. The van der Waals surface area contributed by atoms with E-state index in [9.17, 15) is 8.42 Å². The van der Waals surface area contributed by atoms with Crippen molar-refractivity contribution in [3.05, 3.63) is 42.5 Å². The topological polar surface area (TPSA) is 72.4 Å². The van der Waals surface area contributed by atoms with Gasteiger partial charge < -0.3 is 4.74 Å². The molecule has 0 spiro atoms. The van der Waals surface area contributed by atoms with Crippen molar-refractivity contribution in [1.29, 1.82) is 0 Å². The highest BCUT2D eigenvalue weighted by atomic mass is 32.2. The van der Waals surface area contributed by atoms with Gasteiger partial charge in [-0.1, -0.05) is 30.3 Å². The first-order valence-electron chi connectivity index (χ1n) is 8.08. The molecule has 6 nitrogen and oxygen atoms in total. The average molecular weight is 347 g/mol. The van der Waals surface area contributed by atoms with Crippen LogP contribution in [0.25, 0.3) is 11.3 Å². The predicted molar refractivity (Wildman–Crippen MR) is 92.1 cm³/mol. The van der Waals surface area contributed by atoms with Crippen LogP contribution in [0, 0.1) is 5.92 Å². The largest absolute Gasteiger partial charge is 0.476 e. The smallest absolute Gasteiger partial charge is 0.233 e. The third-order valence-electron chi connectivity index (χ3n) is 4.18. The minimum Gasteiger partial charge on any atom is -0.476 e. The second-order valence-electron chi connectivity index (χ2n) is 5.85. The number of nitrogens with zero attached hydrogens (tertiary/aromatic N) is 3. The molecule has 2 aromatic rings. The van der Waals surface area contributed by atoms with Crippen molar-refractivity contribution < 1.29 is 13.2 Å². The molecule has 0 saturated carbocycles. The second kappa shape index (κ2) is 7.27. The lowest BCUT2D eigenvalue weighted by molar-refractivity contribution is 0.244. The molecule has 1 saturated heterocycles. The molecule has 1 aromatic carbocycles. The van der Waals surface area contributed by atoms with E-state index >= 15 is 0 Å². The van der Waals surface area contributed by atoms with Crippen LogP contribution in [-0.2, 0) is 10.0 Å². The van der Waals surface area contributed by atoms with Crippen molar-refractivity contribution in [3.63, 3.8) is 0 Å². The minimum atomic E-state index is -3.10. The maximum atomic E-state index is 11.9. The van der Waals surface area contributed by atoms with E-state index in [2.05, 4.69) is 10.2 Å². The molecule has 0 radical (unpaired) electrons. The van der Waals surface area contributed by atoms with Gasteiger partial charge in [0, 0.05) is 30.6 Å². The van der Waals surface area contributed by atoms with Crippen molar-refractivity contribution in [2.24, 2.45) is 5.92 Å². The summed E-state index contributed by atoms with van der Waals surface area (Å²) in [6.07, 6.45) is 0.814. The fraction of sp³-hybridized carbons (Fsp3) is 0.412. The highest BCUT2D eigenvalue weighted by Gasteiger charge is 2.30. The van der Waals surface area contributed by atoms with Crippen LogP contribution in [0.1, 0.15) is 13.3 Å². The van der Waals surface area contributed by atoms with Crippen molar-refractivity contribution in [3.8, 4) is 17.1 Å². The van der Waals surface area contributed by atoms with Gasteiger partial charge in [-0.3, -0.25) is 0 Å². The summed E-state index contributed by atoms with van der Waals surface area (Å²) in [5.41, 5.74) is 1.80. The Labute approximate surface area is 142 Å². The molecular weight excluding hydrogens is 326 g/mol. The Kier molecular flexibility index (Phi) is 5.11. The van der Waals surface area contributed by atoms with E-state index in [1.807, 2.05) is 36.4 Å². The SMILES string of the molecule is CCS(=O)(=O)N1CCC(COc2ccc(-c3ccccc3)nn2)C1. The number of benzene rings is 1. The highest BCUT2D eigenvalue weighted by molar-refractivity contribution is 7.89. The van der Waals surface area contributed by atoms with E-state index in [0.717, 1.165) is 17.7 Å². The summed E-state index contributed by atoms with van der Waals surface area (Å²) in [5, 5.41) is 8.28. The maximum Gasteiger partial charge on any atom is 0.233 e. The van der Waals surface area contributed by atoms with Gasteiger partial charge in [0.05, 0.1) is 18.1 Å². The first kappa shape index (κ1) is 16.9. The fourth-order valence-electron chi connectivity index (χ4n) is 2.73. The van der Waals surface area contributed by atoms with Gasteiger partial charge in [0.2, 0.25) is 15.9 Å². The molecule has 2 heterocycles. The molecule has 1 aliphatic rings. The van der Waals surface area contributed by atoms with Gasteiger partial charge in [-0.15, -0.1) is 10.2 Å². The van der Waals surface area contributed by atoms with E-state index in [-0.39, 0.29) is 11.7 Å². The lowest BCUT2D eigenvalue weighted by Crippen LogP contribution is -2.30. The summed E-state index contributed by atoms with van der Waals surface area (Å²) in [6, 6.07) is 13.5. The zero-order chi connectivity index (χ0) is 17.0. The molecule has 0 aliphatic carbocycles. The van der Waals surface area contributed by atoms with Gasteiger partial charge in [0.25, 0.3) is 0 Å². The Morgan fingerprint density at radius 3 is 2.62 bits per heavy atom. The van der Waals surface area contributed by atoms with Crippen molar-refractivity contribution >= 4 is 10.0 Å². The number of hydrogen-bond acceptors (Lipinski definition) is 5. The summed E-state index contributed by atoms with van der Waals surface area (Å²) in [6.45, 7) is 3.21. The van der Waals surface area contributed by atoms with E-state index < -0.39 is 10.0 Å². The average Bonchev–Trinajstić information content (AvgIpc) is 3.11. The second-order valence-corrected chi connectivity index (χ2v) is 8.10. The monoisotopic (exact) mass is 347 g/mol. The molecule has 128 valence electrons. The van der Waals surface area contributed by atoms with Crippen LogP contribution >= 0.6 is 0 Å². The Morgan fingerprint density at radius 1 is 1.17 bits per heavy atom. The Hall–Kier alpha value is -1.99. The highest BCUT2D eigenvalue weighted by Crippen LogP contribution is 2.21. The van der Waals surface area contributed by atoms with Gasteiger partial charge in [0.15, 0.2) is 0 Å². The van der Waals surface area contributed by atoms with E-state index in [4.69, 9.17) is 4.74 Å². The first-order chi connectivity index (χ1) is 11.6. The standard InChI is InChI=1S/C17H21N3O3S/c1-2-24(21,22)20-11-10-14(12-20)13-23-17-9-8-16(18-19-17)15-6-4-3-5-7-15/h3-9,14H,2,10-13H2,1H3. The predicted octanol–water partition coefficient (Wildman–Crippen LogP) is 2.19. The van der Waals surface area contributed by atoms with Crippen LogP contribution < -0.4 is 4.74 Å². The van der Waals surface area contributed by atoms with Gasteiger partial charge in [-0.05, 0) is 19.4 Å². The summed E-state index contributed by atoms with van der Waals surface area (Å²) in [5.74, 6) is 0.806. The molecule has 0 bridgehead atoms. The van der Waals surface area contributed by atoms with Gasteiger partial charge >= 0.3 is 0 Å². The molecule has 1 aromatic heterocycles. The van der Waals surface area contributed by atoms with E-state index in [1.54, 1.807) is 17.3 Å². The number of aromatic nitrogens is 2. The number of ether oxygens (including phenoxy) is 1. The first-order valence-corrected chi connectivity index (χ1v) is 9.69. The van der Waals surface area contributed by atoms with Crippen molar-refractivity contribution in [1.82, 2.24) is 14.5 Å². The number of hydrogen-bond donors (Lipinski definition) is 0. The van der Waals surface area contributed by atoms with Crippen LogP contribution in [0.2, 0.25) is 0 Å². The zero-order valence-corrected chi connectivity index (χ0v) is 14.4. The van der Waals surface area contributed by atoms with Gasteiger partial charge in [-0.2, -0.15) is 0 Å². The quantitative estimate of drug-likeness (QED) is 0.801. The minimum absolute atomic E-state index is 0.146. The summed E-state index contributed by atoms with van der Waals surface area (Å²) in [7, 11) is -3.10. The fourth-order valence-corrected chi connectivity index (χ4v) is 3.92. The summed E-state index contributed by atoms with van der Waals surface area (Å²) in [4.78, 5) is 0. The van der Waals surface area contributed by atoms with Crippen LogP contribution in [0.5, 0.6) is 5.88 Å². The van der Waals surface area contributed by atoms with Crippen molar-refractivity contribution in [2.45, 2.75) is 13.3 Å². The lowest BCUT2D eigenvalue weighted by atomic mass is 10.1. The molecule has 1 atom stereocenters. The van der Waals surface area contributed by atoms with Gasteiger partial charge in [-0.25, -0.2) is 12.7 Å². The molecule has 1 unspecified atom stereocenters. The molecule has 3 rings (SSSR count). The normalized spacial score (nSPS) is 18.6. The molecule has 0 amide bonds. The molecule has 0 N–H and O–H groups in total. The van der Waals surface area contributed by atoms with Crippen LogP contribution in [0.15, 0.2) is 42.5 Å². The van der Waals surface area contributed by atoms with Gasteiger partial charge in [0.1, 0.15) is 0 Å². The third-order valence-corrected chi connectivity index (χ3v) is 6.03. The Balaban J connectivity index is 1.55. The molecule has 1 aliphatic heterocycles. The molecular formula is C17H21N3O3S. The molecule has 24 heavy (non-hydrogen) atoms. The third kappa shape index (κ3) is 3.91. The van der Waals surface area contributed by atoms with Crippen LogP contribution in [0.4, 0.5) is 0 Å². The Morgan fingerprint density at radius 2 is 1.96 bits per heavy atom. The Bertz CT molecular complexity index is 763. The molecule has 7 heteroatoms. The number of rotatable bonds is 6. The van der Waals surface area contributed by atoms with E-state index in [1.165, 1.54) is 0 Å². The van der Waals surface area contributed by atoms with Crippen LogP contribution in [-0.4, -0.2) is 48.4 Å². The lowest BCUT2D eigenvalue weighted by Gasteiger charge is -2.15. The zero-order valence-electron chi connectivity index (χ0n) is 13.6. The van der Waals surface area contributed by atoms with Crippen LogP contribution in [0.3, 0.4) is 0 Å². The summed E-state index contributed by atoms with van der Waals surface area (Å²) >= 11 is 0. The van der Waals surface area contributed by atoms with Crippen molar-refractivity contribution in [2.75, 3.05) is 25.4 Å². The number of sulfonamides is 1. The summed E-state index contributed by atoms with van der Waals surface area (Å²) < 4.78 is 30.9.